The number of hydrogen-bond acceptors (Lipinski definition) is 7. The minimum absolute atomic E-state index is 0.222. The van der Waals surface area contributed by atoms with Crippen LogP contribution in [-0.2, 0) is 19.6 Å². The molecule has 0 aliphatic rings. The molecule has 2 N–H and O–H groups in total. The lowest BCUT2D eigenvalue weighted by Crippen LogP contribution is -2.37. The molecule has 1 aromatic rings. The van der Waals surface area contributed by atoms with Crippen molar-refractivity contribution in [3.63, 3.8) is 0 Å². The Morgan fingerprint density at radius 2 is 2.00 bits per heavy atom. The highest BCUT2D eigenvalue weighted by Crippen LogP contribution is 2.15. The number of sulfonamides is 1. The Morgan fingerprint density at radius 3 is 2.45 bits per heavy atom. The lowest BCUT2D eigenvalue weighted by molar-refractivity contribution is -0.384. The van der Waals surface area contributed by atoms with Crippen LogP contribution in [-0.4, -0.2) is 44.2 Å². The standard InChI is InChI=1S/C10H12N2O7S/c1-19-10(14)9(13)6-11-20(17,18)8-4-2-7(3-5-8)12(15)16/h2-5,9,11,13H,6H2,1H3/t9-/m1/s1. The summed E-state index contributed by atoms with van der Waals surface area (Å²) in [5.41, 5.74) is -0.251. The fraction of sp³-hybridized carbons (Fsp3) is 0.300. The fourth-order valence-corrected chi connectivity index (χ4v) is 2.28. The fourth-order valence-electron chi connectivity index (χ4n) is 1.24. The molecule has 0 saturated heterocycles. The second-order valence-electron chi connectivity index (χ2n) is 3.64. The van der Waals surface area contributed by atoms with Crippen molar-refractivity contribution >= 4 is 21.7 Å². The van der Waals surface area contributed by atoms with Gasteiger partial charge in [0, 0.05) is 18.7 Å². The van der Waals surface area contributed by atoms with Crippen molar-refractivity contribution in [1.82, 2.24) is 4.72 Å². The van der Waals surface area contributed by atoms with Gasteiger partial charge in [0.1, 0.15) is 0 Å². The van der Waals surface area contributed by atoms with Crippen molar-refractivity contribution in [3.8, 4) is 0 Å². The van der Waals surface area contributed by atoms with Gasteiger partial charge in [0.05, 0.1) is 16.9 Å². The molecule has 0 heterocycles. The topological polar surface area (TPSA) is 136 Å². The van der Waals surface area contributed by atoms with E-state index in [-0.39, 0.29) is 10.6 Å². The van der Waals surface area contributed by atoms with Crippen LogP contribution in [0.5, 0.6) is 0 Å². The zero-order valence-corrected chi connectivity index (χ0v) is 11.2. The van der Waals surface area contributed by atoms with Crippen molar-refractivity contribution < 1.29 is 28.0 Å². The predicted molar refractivity (Wildman–Crippen MR) is 66.3 cm³/mol. The largest absolute Gasteiger partial charge is 0.467 e. The van der Waals surface area contributed by atoms with Crippen molar-refractivity contribution in [2.24, 2.45) is 0 Å². The second kappa shape index (κ2) is 6.41. The highest BCUT2D eigenvalue weighted by Gasteiger charge is 2.21. The van der Waals surface area contributed by atoms with Crippen molar-refractivity contribution in [3.05, 3.63) is 34.4 Å². The summed E-state index contributed by atoms with van der Waals surface area (Å²) in [4.78, 5) is 20.5. The van der Waals surface area contributed by atoms with Crippen LogP contribution in [0.4, 0.5) is 5.69 Å². The van der Waals surface area contributed by atoms with Gasteiger partial charge < -0.3 is 9.84 Å². The monoisotopic (exact) mass is 304 g/mol. The summed E-state index contributed by atoms with van der Waals surface area (Å²) < 4.78 is 29.8. The summed E-state index contributed by atoms with van der Waals surface area (Å²) >= 11 is 0. The maximum absolute atomic E-state index is 11.8. The average Bonchev–Trinajstić information content (AvgIpc) is 2.44. The number of rotatable bonds is 6. The SMILES string of the molecule is COC(=O)[C@H](O)CNS(=O)(=O)c1ccc([N+](=O)[O-])cc1. The van der Waals surface area contributed by atoms with E-state index in [1.54, 1.807) is 0 Å². The van der Waals surface area contributed by atoms with E-state index in [9.17, 15) is 28.4 Å². The Balaban J connectivity index is 2.79. The van der Waals surface area contributed by atoms with Crippen LogP contribution in [0.15, 0.2) is 29.2 Å². The molecule has 0 bridgehead atoms. The molecule has 0 aliphatic carbocycles. The van der Waals surface area contributed by atoms with Crippen LogP contribution in [0, 0.1) is 10.1 Å². The van der Waals surface area contributed by atoms with E-state index < -0.39 is 33.6 Å². The number of hydrogen-bond donors (Lipinski definition) is 2. The Bertz CT molecular complexity index is 597. The molecule has 9 nitrogen and oxygen atoms in total. The molecule has 110 valence electrons. The molecule has 1 aromatic carbocycles. The number of aliphatic hydroxyl groups excluding tert-OH is 1. The number of carbonyl (C=O) groups is 1. The zero-order valence-electron chi connectivity index (χ0n) is 10.3. The number of nitrogens with zero attached hydrogens (tertiary/aromatic N) is 1. The summed E-state index contributed by atoms with van der Waals surface area (Å²) in [5, 5.41) is 19.7. The number of nitrogens with one attached hydrogen (secondary N) is 1. The van der Waals surface area contributed by atoms with Gasteiger partial charge >= 0.3 is 5.97 Å². The quantitative estimate of drug-likeness (QED) is 0.407. The van der Waals surface area contributed by atoms with E-state index >= 15 is 0 Å². The minimum Gasteiger partial charge on any atom is -0.467 e. The Kier molecular flexibility index (Phi) is 5.13. The van der Waals surface area contributed by atoms with E-state index in [1.165, 1.54) is 0 Å². The number of non-ortho nitro benzene ring substituents is 1. The smallest absolute Gasteiger partial charge is 0.336 e. The van der Waals surface area contributed by atoms with E-state index in [0.29, 0.717) is 0 Å². The van der Waals surface area contributed by atoms with Crippen LogP contribution >= 0.6 is 0 Å². The first kappa shape index (κ1) is 16.0. The van der Waals surface area contributed by atoms with Crippen molar-refractivity contribution in [1.29, 1.82) is 0 Å². The van der Waals surface area contributed by atoms with E-state index in [2.05, 4.69) is 4.74 Å². The van der Waals surface area contributed by atoms with E-state index in [1.807, 2.05) is 4.72 Å². The molecular weight excluding hydrogens is 292 g/mol. The number of methoxy groups -OCH3 is 1. The van der Waals surface area contributed by atoms with Gasteiger partial charge in [-0.25, -0.2) is 17.9 Å². The molecule has 0 amide bonds. The second-order valence-corrected chi connectivity index (χ2v) is 5.41. The van der Waals surface area contributed by atoms with Gasteiger partial charge in [-0.2, -0.15) is 0 Å². The molecule has 20 heavy (non-hydrogen) atoms. The third-order valence-corrected chi connectivity index (χ3v) is 3.74. The van der Waals surface area contributed by atoms with Crippen LogP contribution < -0.4 is 4.72 Å². The van der Waals surface area contributed by atoms with Gasteiger partial charge in [0.25, 0.3) is 5.69 Å². The highest BCUT2D eigenvalue weighted by molar-refractivity contribution is 7.89. The summed E-state index contributed by atoms with van der Waals surface area (Å²) in [5.74, 6) is -0.976. The molecule has 1 rings (SSSR count). The molecule has 0 aromatic heterocycles. The number of aliphatic hydroxyl groups is 1. The van der Waals surface area contributed by atoms with Gasteiger partial charge in [0.15, 0.2) is 6.10 Å². The highest BCUT2D eigenvalue weighted by atomic mass is 32.2. The van der Waals surface area contributed by atoms with Gasteiger partial charge in [-0.1, -0.05) is 0 Å². The normalized spacial score (nSPS) is 12.7. The average molecular weight is 304 g/mol. The third kappa shape index (κ3) is 3.98. The van der Waals surface area contributed by atoms with E-state index in [4.69, 9.17) is 0 Å². The lowest BCUT2D eigenvalue weighted by Gasteiger charge is -2.10. The number of nitro groups is 1. The third-order valence-electron chi connectivity index (χ3n) is 2.30. The molecule has 0 spiro atoms. The van der Waals surface area contributed by atoms with Gasteiger partial charge in [-0.3, -0.25) is 10.1 Å². The molecule has 0 saturated carbocycles. The molecule has 0 radical (unpaired) electrons. The molecule has 0 unspecified atom stereocenters. The number of benzene rings is 1. The molecule has 0 aliphatic heterocycles. The Morgan fingerprint density at radius 1 is 1.45 bits per heavy atom. The summed E-state index contributed by atoms with van der Waals surface area (Å²) in [6.45, 7) is -0.563. The minimum atomic E-state index is -3.98. The molecule has 0 fully saturated rings. The zero-order chi connectivity index (χ0) is 15.3. The number of esters is 1. The molecular formula is C10H12N2O7S. The van der Waals surface area contributed by atoms with Gasteiger partial charge in [0.2, 0.25) is 10.0 Å². The summed E-state index contributed by atoms with van der Waals surface area (Å²) in [7, 11) is -2.93. The first-order valence-corrected chi connectivity index (χ1v) is 6.76. The molecule has 10 heteroatoms. The summed E-state index contributed by atoms with van der Waals surface area (Å²) in [6.07, 6.45) is -1.63. The first-order chi connectivity index (χ1) is 9.27. The lowest BCUT2D eigenvalue weighted by atomic mass is 10.3. The van der Waals surface area contributed by atoms with Gasteiger partial charge in [-0.15, -0.1) is 0 Å². The number of carbonyl (C=O) groups excluding carboxylic acids is 1. The van der Waals surface area contributed by atoms with Crippen LogP contribution in [0.25, 0.3) is 0 Å². The maximum atomic E-state index is 11.8. The van der Waals surface area contributed by atoms with Gasteiger partial charge in [-0.05, 0) is 12.1 Å². The number of ether oxygens (including phenoxy) is 1. The Labute approximate surface area is 114 Å². The molecule has 1 atom stereocenters. The van der Waals surface area contributed by atoms with Crippen LogP contribution in [0.3, 0.4) is 0 Å². The van der Waals surface area contributed by atoms with Crippen molar-refractivity contribution in [2.75, 3.05) is 13.7 Å². The van der Waals surface area contributed by atoms with Crippen LogP contribution in [0.1, 0.15) is 0 Å². The van der Waals surface area contributed by atoms with E-state index in [0.717, 1.165) is 31.4 Å². The van der Waals surface area contributed by atoms with Crippen molar-refractivity contribution in [2.45, 2.75) is 11.0 Å². The first-order valence-electron chi connectivity index (χ1n) is 5.28. The summed E-state index contributed by atoms with van der Waals surface area (Å²) in [6, 6.07) is 4.16. The Hall–Kier alpha value is -2.04. The van der Waals surface area contributed by atoms with Crippen LogP contribution in [0.2, 0.25) is 0 Å². The maximum Gasteiger partial charge on any atom is 0.336 e. The number of nitro benzene ring substituents is 1. The predicted octanol–water partition coefficient (Wildman–Crippen LogP) is -0.593.